The maximum Gasteiger partial charge on any atom is 0.251 e. The molecule has 4 heteroatoms. The molecule has 0 aliphatic rings. The minimum Gasteiger partial charge on any atom is -0.508 e. The number of carbonyl (C=O) groups excluding carboxylic acids is 1. The second kappa shape index (κ2) is 6.42. The third-order valence-corrected chi connectivity index (χ3v) is 3.42. The second-order valence-corrected chi connectivity index (χ2v) is 7.37. The van der Waals surface area contributed by atoms with Crippen LogP contribution in [0, 0.1) is 12.3 Å². The summed E-state index contributed by atoms with van der Waals surface area (Å²) < 4.78 is 0. The first kappa shape index (κ1) is 16.0. The van der Waals surface area contributed by atoms with E-state index in [0.717, 1.165) is 12.0 Å². The van der Waals surface area contributed by atoms with Gasteiger partial charge in [-0.1, -0.05) is 36.7 Å². The van der Waals surface area contributed by atoms with Crippen LogP contribution in [-0.2, 0) is 0 Å². The number of amides is 1. The number of aryl methyl sites for hydroxylation is 1. The number of rotatable bonds is 4. The molecule has 0 spiro atoms. The zero-order chi connectivity index (χ0) is 14.6. The standard InChI is InChI=1S/C15H22BrNO2/c1-10-7-12(18)5-6-13(10)14(19)17-9-11(16)8-15(2,3)4/h5-7,11,18H,8-9H2,1-4H3,(H,17,19). The lowest BCUT2D eigenvalue weighted by Crippen LogP contribution is -2.31. The Morgan fingerprint density at radius 2 is 2.05 bits per heavy atom. The highest BCUT2D eigenvalue weighted by Crippen LogP contribution is 2.24. The first-order valence-corrected chi connectivity index (χ1v) is 7.32. The first-order valence-electron chi connectivity index (χ1n) is 6.41. The SMILES string of the molecule is Cc1cc(O)ccc1C(=O)NCC(Br)CC(C)(C)C. The van der Waals surface area contributed by atoms with Crippen molar-refractivity contribution in [2.45, 2.75) is 38.9 Å². The summed E-state index contributed by atoms with van der Waals surface area (Å²) in [5, 5.41) is 12.2. The quantitative estimate of drug-likeness (QED) is 0.829. The summed E-state index contributed by atoms with van der Waals surface area (Å²) in [5.74, 6) is 0.0796. The molecule has 1 amide bonds. The van der Waals surface area contributed by atoms with E-state index in [-0.39, 0.29) is 21.9 Å². The van der Waals surface area contributed by atoms with Gasteiger partial charge in [0.25, 0.3) is 5.91 Å². The number of alkyl halides is 1. The number of hydrogen-bond acceptors (Lipinski definition) is 2. The van der Waals surface area contributed by atoms with Crippen molar-refractivity contribution >= 4 is 21.8 Å². The molecule has 0 aliphatic heterocycles. The minimum absolute atomic E-state index is 0.101. The van der Waals surface area contributed by atoms with Crippen LogP contribution in [0.15, 0.2) is 18.2 Å². The third-order valence-electron chi connectivity index (χ3n) is 2.77. The number of benzene rings is 1. The normalized spacial score (nSPS) is 13.1. The number of aromatic hydroxyl groups is 1. The predicted octanol–water partition coefficient (Wildman–Crippen LogP) is 3.63. The molecule has 1 rings (SSSR count). The predicted molar refractivity (Wildman–Crippen MR) is 82.0 cm³/mol. The van der Waals surface area contributed by atoms with Crippen molar-refractivity contribution < 1.29 is 9.90 Å². The largest absolute Gasteiger partial charge is 0.508 e. The number of carbonyl (C=O) groups is 1. The van der Waals surface area contributed by atoms with Crippen LogP contribution < -0.4 is 5.32 Å². The molecule has 106 valence electrons. The van der Waals surface area contributed by atoms with Crippen molar-refractivity contribution in [2.24, 2.45) is 5.41 Å². The third kappa shape index (κ3) is 5.64. The van der Waals surface area contributed by atoms with Gasteiger partial charge in [-0.3, -0.25) is 4.79 Å². The van der Waals surface area contributed by atoms with Crippen LogP contribution in [0.5, 0.6) is 5.75 Å². The van der Waals surface area contributed by atoms with Crippen LogP contribution in [0.3, 0.4) is 0 Å². The summed E-state index contributed by atoms with van der Waals surface area (Å²) in [5.41, 5.74) is 1.61. The molecule has 0 heterocycles. The van der Waals surface area contributed by atoms with Gasteiger partial charge in [-0.2, -0.15) is 0 Å². The van der Waals surface area contributed by atoms with Gasteiger partial charge < -0.3 is 10.4 Å². The summed E-state index contributed by atoms with van der Waals surface area (Å²) >= 11 is 3.59. The van der Waals surface area contributed by atoms with Crippen molar-refractivity contribution in [1.82, 2.24) is 5.32 Å². The average Bonchev–Trinajstić information content (AvgIpc) is 2.23. The zero-order valence-electron chi connectivity index (χ0n) is 12.0. The van der Waals surface area contributed by atoms with E-state index >= 15 is 0 Å². The van der Waals surface area contributed by atoms with Gasteiger partial charge in [0.1, 0.15) is 5.75 Å². The Morgan fingerprint density at radius 1 is 1.42 bits per heavy atom. The number of halogens is 1. The second-order valence-electron chi connectivity index (χ2n) is 6.07. The van der Waals surface area contributed by atoms with Gasteiger partial charge in [-0.25, -0.2) is 0 Å². The maximum atomic E-state index is 12.0. The molecule has 0 aromatic heterocycles. The van der Waals surface area contributed by atoms with E-state index in [9.17, 15) is 9.90 Å². The Morgan fingerprint density at radius 3 is 2.58 bits per heavy atom. The molecule has 0 saturated carbocycles. The molecule has 0 bridgehead atoms. The fourth-order valence-corrected chi connectivity index (χ4v) is 3.07. The summed E-state index contributed by atoms with van der Waals surface area (Å²) in [4.78, 5) is 12.3. The highest BCUT2D eigenvalue weighted by Gasteiger charge is 2.17. The lowest BCUT2D eigenvalue weighted by atomic mass is 9.90. The zero-order valence-corrected chi connectivity index (χ0v) is 13.5. The number of nitrogens with one attached hydrogen (secondary N) is 1. The Bertz CT molecular complexity index is 452. The minimum atomic E-state index is -0.101. The Balaban J connectivity index is 2.56. The Kier molecular flexibility index (Phi) is 5.41. The topological polar surface area (TPSA) is 49.3 Å². The van der Waals surface area contributed by atoms with E-state index in [2.05, 4.69) is 42.0 Å². The lowest BCUT2D eigenvalue weighted by Gasteiger charge is -2.22. The van der Waals surface area contributed by atoms with Crippen molar-refractivity contribution in [3.63, 3.8) is 0 Å². The summed E-state index contributed by atoms with van der Waals surface area (Å²) in [6.45, 7) is 8.93. The molecule has 2 N–H and O–H groups in total. The van der Waals surface area contributed by atoms with Crippen molar-refractivity contribution in [3.8, 4) is 5.75 Å². The first-order chi connectivity index (χ1) is 8.69. The van der Waals surface area contributed by atoms with Gasteiger partial charge in [0.05, 0.1) is 0 Å². The molecular weight excluding hydrogens is 306 g/mol. The summed E-state index contributed by atoms with van der Waals surface area (Å²) in [7, 11) is 0. The average molecular weight is 328 g/mol. The molecule has 0 aliphatic carbocycles. The molecule has 0 saturated heterocycles. The van der Waals surface area contributed by atoms with E-state index in [1.165, 1.54) is 6.07 Å². The number of phenols is 1. The highest BCUT2D eigenvalue weighted by atomic mass is 79.9. The van der Waals surface area contributed by atoms with Crippen LogP contribution >= 0.6 is 15.9 Å². The van der Waals surface area contributed by atoms with Crippen molar-refractivity contribution in [2.75, 3.05) is 6.54 Å². The summed E-state index contributed by atoms with van der Waals surface area (Å²) in [6, 6.07) is 4.77. The van der Waals surface area contributed by atoms with E-state index in [4.69, 9.17) is 0 Å². The van der Waals surface area contributed by atoms with Gasteiger partial charge in [0, 0.05) is 16.9 Å². The monoisotopic (exact) mass is 327 g/mol. The summed E-state index contributed by atoms with van der Waals surface area (Å²) in [6.07, 6.45) is 0.988. The van der Waals surface area contributed by atoms with Gasteiger partial charge in [0.2, 0.25) is 0 Å². The van der Waals surface area contributed by atoms with Gasteiger partial charge in [-0.05, 0) is 42.5 Å². The van der Waals surface area contributed by atoms with E-state index < -0.39 is 0 Å². The maximum absolute atomic E-state index is 12.0. The Labute approximate surface area is 123 Å². The van der Waals surface area contributed by atoms with Gasteiger partial charge in [-0.15, -0.1) is 0 Å². The molecule has 1 aromatic carbocycles. The molecule has 0 radical (unpaired) electrons. The van der Waals surface area contributed by atoms with E-state index in [1.807, 2.05) is 6.92 Å². The molecule has 1 atom stereocenters. The highest BCUT2D eigenvalue weighted by molar-refractivity contribution is 9.09. The molecule has 3 nitrogen and oxygen atoms in total. The van der Waals surface area contributed by atoms with Crippen molar-refractivity contribution in [3.05, 3.63) is 29.3 Å². The fraction of sp³-hybridized carbons (Fsp3) is 0.533. The smallest absolute Gasteiger partial charge is 0.251 e. The molecule has 1 unspecified atom stereocenters. The van der Waals surface area contributed by atoms with Crippen LogP contribution in [0.4, 0.5) is 0 Å². The van der Waals surface area contributed by atoms with Crippen LogP contribution in [0.25, 0.3) is 0 Å². The number of hydrogen-bond donors (Lipinski definition) is 2. The molecule has 19 heavy (non-hydrogen) atoms. The van der Waals surface area contributed by atoms with Crippen LogP contribution in [0.2, 0.25) is 0 Å². The number of phenolic OH excluding ortho intramolecular Hbond substituents is 1. The van der Waals surface area contributed by atoms with Crippen molar-refractivity contribution in [1.29, 1.82) is 0 Å². The Hall–Kier alpha value is -1.03. The molecular formula is C15H22BrNO2. The van der Waals surface area contributed by atoms with E-state index in [1.54, 1.807) is 12.1 Å². The lowest BCUT2D eigenvalue weighted by molar-refractivity contribution is 0.0952. The van der Waals surface area contributed by atoms with Crippen LogP contribution in [0.1, 0.15) is 43.1 Å². The molecule has 1 aromatic rings. The van der Waals surface area contributed by atoms with Crippen LogP contribution in [-0.4, -0.2) is 22.4 Å². The van der Waals surface area contributed by atoms with Gasteiger partial charge >= 0.3 is 0 Å². The van der Waals surface area contributed by atoms with Gasteiger partial charge in [0.15, 0.2) is 0 Å². The fourth-order valence-electron chi connectivity index (χ4n) is 1.94. The molecule has 0 fully saturated rings. The van der Waals surface area contributed by atoms with E-state index in [0.29, 0.717) is 12.1 Å².